The fourth-order valence-electron chi connectivity index (χ4n) is 3.10. The Labute approximate surface area is 195 Å². The Hall–Kier alpha value is -0.340. The van der Waals surface area contributed by atoms with Gasteiger partial charge in [-0.2, -0.15) is 0 Å². The Kier molecular flexibility index (Phi) is 11.4. The van der Waals surface area contributed by atoms with Gasteiger partial charge in [0.1, 0.15) is 18.2 Å². The average molecular weight is 443 g/mol. The number of aliphatic carboxylic acids is 1. The molecule has 28 heavy (non-hydrogen) atoms. The molecule has 2 N–H and O–H groups in total. The van der Waals surface area contributed by atoms with Gasteiger partial charge in [-0.1, -0.05) is 29.6 Å². The second-order valence-electron chi connectivity index (χ2n) is 6.67. The van der Waals surface area contributed by atoms with E-state index in [1.165, 1.54) is 12.1 Å². The summed E-state index contributed by atoms with van der Waals surface area (Å²) in [5, 5.41) is 30.3. The van der Waals surface area contributed by atoms with Crippen LogP contribution in [0.15, 0.2) is 17.7 Å². The van der Waals surface area contributed by atoms with Crippen LogP contribution in [0, 0.1) is 0 Å². The first-order valence-corrected chi connectivity index (χ1v) is 9.59. The maximum atomic E-state index is 15.0. The van der Waals surface area contributed by atoms with Crippen molar-refractivity contribution in [1.29, 1.82) is 0 Å². The van der Waals surface area contributed by atoms with Gasteiger partial charge in [-0.15, -0.1) is 0 Å². The third kappa shape index (κ3) is 7.82. The van der Waals surface area contributed by atoms with E-state index in [4.69, 9.17) is 27.9 Å². The van der Waals surface area contributed by atoms with E-state index in [9.17, 15) is 20.1 Å². The number of rotatable bonds is 8. The number of hydrogen-bond acceptors (Lipinski definition) is 5. The van der Waals surface area contributed by atoms with Crippen LogP contribution in [0.25, 0.3) is 5.83 Å². The standard InChI is InChI=1S/C19H23Cl2FO5.Na/c20-12-6-15(18(22)11-4-2-1-3-5-11)19(16(21)7-12)27-10-14(24)8-13(23)9-17(25)26;/h6-7,13-14,23-24H,1-5,8-10H2,(H,25,26);/q;+1/p-1/t13-,14+;/m1./s1. The Morgan fingerprint density at radius 2 is 1.82 bits per heavy atom. The second kappa shape index (κ2) is 12.4. The van der Waals surface area contributed by atoms with Gasteiger partial charge < -0.3 is 24.9 Å². The summed E-state index contributed by atoms with van der Waals surface area (Å²) in [5.41, 5.74) is 0.821. The molecule has 2 atom stereocenters. The van der Waals surface area contributed by atoms with Gasteiger partial charge in [0.25, 0.3) is 0 Å². The summed E-state index contributed by atoms with van der Waals surface area (Å²) >= 11 is 12.2. The van der Waals surface area contributed by atoms with E-state index in [-0.39, 0.29) is 63.9 Å². The van der Waals surface area contributed by atoms with Crippen LogP contribution in [0.4, 0.5) is 4.39 Å². The molecular weight excluding hydrogens is 421 g/mol. The van der Waals surface area contributed by atoms with Crippen molar-refractivity contribution in [1.82, 2.24) is 0 Å². The van der Waals surface area contributed by atoms with Crippen molar-refractivity contribution in [3.8, 4) is 5.75 Å². The normalized spacial score (nSPS) is 16.1. The van der Waals surface area contributed by atoms with Gasteiger partial charge in [-0.25, -0.2) is 4.39 Å². The van der Waals surface area contributed by atoms with Crippen molar-refractivity contribution in [2.24, 2.45) is 0 Å². The summed E-state index contributed by atoms with van der Waals surface area (Å²) in [5.74, 6) is -1.77. The zero-order valence-corrected chi connectivity index (χ0v) is 19.2. The minimum atomic E-state index is -1.42. The van der Waals surface area contributed by atoms with Gasteiger partial charge in [0.05, 0.1) is 22.8 Å². The smallest absolute Gasteiger partial charge is 0.550 e. The number of halogens is 3. The number of carbonyl (C=O) groups excluding carboxylic acids is 1. The van der Waals surface area contributed by atoms with E-state index in [1.54, 1.807) is 0 Å². The molecule has 0 saturated heterocycles. The quantitative estimate of drug-likeness (QED) is 0.564. The molecule has 0 heterocycles. The van der Waals surface area contributed by atoms with Crippen LogP contribution in [0.1, 0.15) is 50.5 Å². The molecule has 0 aromatic heterocycles. The average Bonchev–Trinajstić information content (AvgIpc) is 2.59. The van der Waals surface area contributed by atoms with Crippen LogP contribution in [-0.2, 0) is 4.79 Å². The maximum absolute atomic E-state index is 15.0. The van der Waals surface area contributed by atoms with Crippen molar-refractivity contribution in [3.63, 3.8) is 0 Å². The van der Waals surface area contributed by atoms with E-state index in [1.807, 2.05) is 0 Å². The Bertz CT molecular complexity index is 706. The molecule has 1 aliphatic rings. The number of benzene rings is 1. The number of allylic oxidation sites excluding steroid dienone is 1. The predicted molar refractivity (Wildman–Crippen MR) is 99.3 cm³/mol. The van der Waals surface area contributed by atoms with Crippen LogP contribution < -0.4 is 39.4 Å². The van der Waals surface area contributed by atoms with Gasteiger partial charge in [0, 0.05) is 23.8 Å². The van der Waals surface area contributed by atoms with E-state index in [0.717, 1.165) is 19.3 Å². The van der Waals surface area contributed by atoms with Crippen LogP contribution >= 0.6 is 23.2 Å². The summed E-state index contributed by atoms with van der Waals surface area (Å²) < 4.78 is 20.5. The monoisotopic (exact) mass is 442 g/mol. The Morgan fingerprint density at radius 3 is 2.43 bits per heavy atom. The summed E-state index contributed by atoms with van der Waals surface area (Å²) in [6, 6.07) is 2.84. The number of aliphatic hydroxyl groups excluding tert-OH is 2. The molecule has 0 unspecified atom stereocenters. The van der Waals surface area contributed by atoms with Crippen molar-refractivity contribution >= 4 is 35.0 Å². The van der Waals surface area contributed by atoms with Gasteiger partial charge in [0.15, 0.2) is 0 Å². The van der Waals surface area contributed by atoms with Gasteiger partial charge in [-0.3, -0.25) is 0 Å². The van der Waals surface area contributed by atoms with Crippen LogP contribution in [0.3, 0.4) is 0 Å². The fraction of sp³-hybridized carbons (Fsp3) is 0.526. The zero-order valence-electron chi connectivity index (χ0n) is 15.7. The SMILES string of the molecule is O=C([O-])C[C@H](O)C[C@H](O)COc1c(Cl)cc(Cl)cc1C(F)=C1CCCCC1.[Na+]. The van der Waals surface area contributed by atoms with E-state index < -0.39 is 30.4 Å². The topological polar surface area (TPSA) is 89.8 Å². The predicted octanol–water partition coefficient (Wildman–Crippen LogP) is 0.273. The van der Waals surface area contributed by atoms with Crippen molar-refractivity contribution in [2.45, 2.75) is 57.2 Å². The summed E-state index contributed by atoms with van der Waals surface area (Å²) in [4.78, 5) is 10.5. The number of ether oxygens (including phenoxy) is 1. The van der Waals surface area contributed by atoms with E-state index in [2.05, 4.69) is 0 Å². The molecule has 9 heteroatoms. The molecule has 0 amide bonds. The maximum Gasteiger partial charge on any atom is 1.00 e. The third-order valence-electron chi connectivity index (χ3n) is 4.38. The number of carboxylic acid groups (broad SMARTS) is 1. The molecule has 0 spiro atoms. The van der Waals surface area contributed by atoms with Crippen LogP contribution in [-0.4, -0.2) is 35.0 Å². The largest absolute Gasteiger partial charge is 1.00 e. The van der Waals surface area contributed by atoms with E-state index >= 15 is 4.39 Å². The first kappa shape index (κ1) is 25.7. The summed E-state index contributed by atoms with van der Waals surface area (Å²) in [6.45, 7) is -0.291. The summed E-state index contributed by atoms with van der Waals surface area (Å²) in [6.07, 6.45) is 0.977. The van der Waals surface area contributed by atoms with Crippen LogP contribution in [0.5, 0.6) is 5.75 Å². The molecule has 1 aliphatic carbocycles. The summed E-state index contributed by atoms with van der Waals surface area (Å²) in [7, 11) is 0. The molecule has 0 aliphatic heterocycles. The molecule has 1 saturated carbocycles. The Balaban J connectivity index is 0.00000392. The minimum absolute atomic E-state index is 0. The molecule has 1 fully saturated rings. The van der Waals surface area contributed by atoms with Crippen LogP contribution in [0.2, 0.25) is 10.0 Å². The van der Waals surface area contributed by atoms with Gasteiger partial charge in [-0.05, 0) is 43.4 Å². The molecular formula is C19H22Cl2FNaO5. The molecule has 2 rings (SSSR count). The molecule has 1 aromatic rings. The third-order valence-corrected chi connectivity index (χ3v) is 4.88. The van der Waals surface area contributed by atoms with Crippen molar-refractivity contribution in [3.05, 3.63) is 33.3 Å². The molecule has 0 radical (unpaired) electrons. The van der Waals surface area contributed by atoms with E-state index in [0.29, 0.717) is 18.4 Å². The van der Waals surface area contributed by atoms with Gasteiger partial charge in [0.2, 0.25) is 0 Å². The zero-order chi connectivity index (χ0) is 20.0. The van der Waals surface area contributed by atoms with Crippen molar-refractivity contribution in [2.75, 3.05) is 6.61 Å². The molecule has 5 nitrogen and oxygen atoms in total. The molecule has 0 bridgehead atoms. The second-order valence-corrected chi connectivity index (χ2v) is 7.52. The van der Waals surface area contributed by atoms with Crippen molar-refractivity contribution < 1.29 is 58.8 Å². The first-order chi connectivity index (χ1) is 12.8. The first-order valence-electron chi connectivity index (χ1n) is 8.83. The number of carbonyl (C=O) groups is 1. The Morgan fingerprint density at radius 1 is 1.18 bits per heavy atom. The number of carboxylic acids is 1. The van der Waals surface area contributed by atoms with Gasteiger partial charge >= 0.3 is 29.6 Å². The molecule has 1 aromatic carbocycles. The molecule has 150 valence electrons. The number of hydrogen-bond donors (Lipinski definition) is 2. The minimum Gasteiger partial charge on any atom is -0.550 e. The number of aliphatic hydroxyl groups is 2. The fourth-order valence-corrected chi connectivity index (χ4v) is 3.64.